The first-order valence-electron chi connectivity index (χ1n) is 15.6. The molecule has 0 spiro atoms. The number of nitrogens with zero attached hydrogens (tertiary/aromatic N) is 4. The van der Waals surface area contributed by atoms with E-state index in [9.17, 15) is 0 Å². The van der Waals surface area contributed by atoms with Crippen LogP contribution in [0.1, 0.15) is 46.2 Å². The Labute approximate surface area is 267 Å². The van der Waals surface area contributed by atoms with Gasteiger partial charge in [0.25, 0.3) is 0 Å². The molecule has 1 aliphatic rings. The molecule has 0 unspecified atom stereocenters. The molecule has 3 aromatic carbocycles. The maximum absolute atomic E-state index is 6.10. The van der Waals surface area contributed by atoms with Crippen molar-refractivity contribution in [2.24, 2.45) is 0 Å². The fourth-order valence-electron chi connectivity index (χ4n) is 6.28. The third-order valence-electron chi connectivity index (χ3n) is 9.13. The number of hydrogen-bond acceptors (Lipinski definition) is 4. The number of benzene rings is 3. The van der Waals surface area contributed by atoms with Gasteiger partial charge in [-0.05, 0) is 129 Å². The van der Waals surface area contributed by atoms with Crippen molar-refractivity contribution in [1.29, 1.82) is 0 Å². The predicted molar refractivity (Wildman–Crippen MR) is 184 cm³/mol. The molecule has 224 valence electrons. The molecule has 0 amide bonds. The van der Waals surface area contributed by atoms with Crippen molar-refractivity contribution in [2.75, 3.05) is 18.0 Å². The summed E-state index contributed by atoms with van der Waals surface area (Å²) in [6.07, 6.45) is 6.14. The zero-order chi connectivity index (χ0) is 30.6. The van der Waals surface area contributed by atoms with Crippen LogP contribution in [0.15, 0.2) is 97.3 Å². The van der Waals surface area contributed by atoms with Crippen LogP contribution >= 0.6 is 11.6 Å². The van der Waals surface area contributed by atoms with Crippen LogP contribution in [0.2, 0.25) is 5.02 Å². The summed E-state index contributed by atoms with van der Waals surface area (Å²) in [6, 6.07) is 30.8. The number of aryl methyl sites for hydroxylation is 3. The third kappa shape index (κ3) is 7.04. The summed E-state index contributed by atoms with van der Waals surface area (Å²) in [5, 5.41) is 0.744. The van der Waals surface area contributed by atoms with Crippen LogP contribution in [0.25, 0.3) is 22.5 Å². The van der Waals surface area contributed by atoms with Gasteiger partial charge < -0.3 is 4.90 Å². The Hall–Kier alpha value is -3.99. The molecule has 0 N–H and O–H groups in total. The second kappa shape index (κ2) is 13.3. The summed E-state index contributed by atoms with van der Waals surface area (Å²) in [5.74, 6) is 0. The molecule has 5 aromatic rings. The van der Waals surface area contributed by atoms with E-state index in [4.69, 9.17) is 16.6 Å². The standard InChI is InChI=1S/C39H41ClN4/c1-27-5-11-36(12-6-27)44(26-32-14-18-42-39(24-32)34-21-28(2)30(4)29(3)22-34)37-15-19-43(20-16-37)25-31-13-17-41-38(23-31)33-7-9-35(40)10-8-33/h5-14,17-18,21-24,37H,15-16,19-20,25-26H2,1-4H3. The Morgan fingerprint density at radius 3 is 1.95 bits per heavy atom. The van der Waals surface area contributed by atoms with Crippen molar-refractivity contribution in [3.63, 3.8) is 0 Å². The van der Waals surface area contributed by atoms with Crippen molar-refractivity contribution >= 4 is 17.3 Å². The monoisotopic (exact) mass is 600 g/mol. The molecule has 44 heavy (non-hydrogen) atoms. The molecular weight excluding hydrogens is 560 g/mol. The normalized spacial score (nSPS) is 14.1. The number of halogens is 1. The predicted octanol–water partition coefficient (Wildman–Crippen LogP) is 9.37. The van der Waals surface area contributed by atoms with Gasteiger partial charge in [-0.15, -0.1) is 0 Å². The first-order chi connectivity index (χ1) is 21.3. The van der Waals surface area contributed by atoms with Crippen LogP contribution in [0.3, 0.4) is 0 Å². The van der Waals surface area contributed by atoms with E-state index in [1.807, 2.05) is 36.7 Å². The van der Waals surface area contributed by atoms with E-state index in [2.05, 4.69) is 103 Å². The van der Waals surface area contributed by atoms with Crippen LogP contribution in [0.4, 0.5) is 5.69 Å². The molecule has 4 nitrogen and oxygen atoms in total. The lowest BCUT2D eigenvalue weighted by Crippen LogP contribution is -2.44. The molecule has 1 fully saturated rings. The molecule has 0 saturated carbocycles. The van der Waals surface area contributed by atoms with Gasteiger partial charge in [0.2, 0.25) is 0 Å². The molecule has 2 aromatic heterocycles. The largest absolute Gasteiger partial charge is 0.364 e. The van der Waals surface area contributed by atoms with Gasteiger partial charge in [-0.2, -0.15) is 0 Å². The molecule has 0 atom stereocenters. The van der Waals surface area contributed by atoms with Gasteiger partial charge in [0.15, 0.2) is 0 Å². The number of rotatable bonds is 8. The summed E-state index contributed by atoms with van der Waals surface area (Å²) >= 11 is 6.10. The minimum Gasteiger partial charge on any atom is -0.364 e. The molecule has 5 heteroatoms. The van der Waals surface area contributed by atoms with E-state index >= 15 is 0 Å². The van der Waals surface area contributed by atoms with Gasteiger partial charge in [-0.25, -0.2) is 0 Å². The highest BCUT2D eigenvalue weighted by molar-refractivity contribution is 6.30. The van der Waals surface area contributed by atoms with Crippen molar-refractivity contribution in [3.8, 4) is 22.5 Å². The fourth-order valence-corrected chi connectivity index (χ4v) is 6.40. The average Bonchev–Trinajstić information content (AvgIpc) is 3.04. The Kier molecular flexibility index (Phi) is 9.11. The van der Waals surface area contributed by atoms with Gasteiger partial charge in [-0.3, -0.25) is 14.9 Å². The zero-order valence-corrected chi connectivity index (χ0v) is 27.0. The van der Waals surface area contributed by atoms with E-state index < -0.39 is 0 Å². The van der Waals surface area contributed by atoms with Crippen LogP contribution in [0, 0.1) is 27.7 Å². The Morgan fingerprint density at radius 1 is 0.705 bits per heavy atom. The highest BCUT2D eigenvalue weighted by Gasteiger charge is 2.25. The van der Waals surface area contributed by atoms with E-state index in [1.54, 1.807) is 0 Å². The molecule has 6 rings (SSSR count). The van der Waals surface area contributed by atoms with Crippen molar-refractivity contribution in [2.45, 2.75) is 59.7 Å². The molecule has 0 bridgehead atoms. The topological polar surface area (TPSA) is 32.3 Å². The van der Waals surface area contributed by atoms with E-state index in [1.165, 1.54) is 44.6 Å². The number of piperidine rings is 1. The van der Waals surface area contributed by atoms with E-state index in [-0.39, 0.29) is 0 Å². The first-order valence-corrected chi connectivity index (χ1v) is 16.0. The van der Waals surface area contributed by atoms with E-state index in [0.717, 1.165) is 61.0 Å². The molecule has 1 aliphatic heterocycles. The number of anilines is 1. The van der Waals surface area contributed by atoms with Crippen molar-refractivity contribution in [3.05, 3.63) is 136 Å². The van der Waals surface area contributed by atoms with Gasteiger partial charge in [0.05, 0.1) is 11.4 Å². The van der Waals surface area contributed by atoms with Gasteiger partial charge in [0, 0.05) is 66.5 Å². The zero-order valence-electron chi connectivity index (χ0n) is 26.2. The van der Waals surface area contributed by atoms with Crippen LogP contribution in [0.5, 0.6) is 0 Å². The lowest BCUT2D eigenvalue weighted by atomic mass is 9.97. The fraction of sp³-hybridized carbons (Fsp3) is 0.282. The van der Waals surface area contributed by atoms with Crippen molar-refractivity contribution < 1.29 is 0 Å². The van der Waals surface area contributed by atoms with Crippen LogP contribution in [-0.4, -0.2) is 34.0 Å². The minimum atomic E-state index is 0.469. The molecule has 0 aliphatic carbocycles. The lowest BCUT2D eigenvalue weighted by Gasteiger charge is -2.40. The lowest BCUT2D eigenvalue weighted by molar-refractivity contribution is 0.201. The van der Waals surface area contributed by atoms with Crippen LogP contribution in [-0.2, 0) is 13.1 Å². The van der Waals surface area contributed by atoms with Crippen LogP contribution < -0.4 is 4.90 Å². The van der Waals surface area contributed by atoms with E-state index in [0.29, 0.717) is 6.04 Å². The quantitative estimate of drug-likeness (QED) is 0.178. The van der Waals surface area contributed by atoms with Crippen molar-refractivity contribution in [1.82, 2.24) is 14.9 Å². The Bertz CT molecular complexity index is 1700. The summed E-state index contributed by atoms with van der Waals surface area (Å²) < 4.78 is 0. The summed E-state index contributed by atoms with van der Waals surface area (Å²) in [7, 11) is 0. The number of aromatic nitrogens is 2. The Morgan fingerprint density at radius 2 is 1.30 bits per heavy atom. The maximum atomic E-state index is 6.10. The van der Waals surface area contributed by atoms with Gasteiger partial charge in [-0.1, -0.05) is 41.4 Å². The summed E-state index contributed by atoms with van der Waals surface area (Å²) in [6.45, 7) is 12.7. The Balaban J connectivity index is 1.17. The SMILES string of the molecule is Cc1ccc(N(Cc2ccnc(-c3cc(C)c(C)c(C)c3)c2)C2CCN(Cc3ccnc(-c4ccc(Cl)cc4)c3)CC2)cc1. The van der Waals surface area contributed by atoms with Gasteiger partial charge in [0.1, 0.15) is 0 Å². The highest BCUT2D eigenvalue weighted by Crippen LogP contribution is 2.29. The first kappa shape index (κ1) is 30.1. The van der Waals surface area contributed by atoms with Gasteiger partial charge >= 0.3 is 0 Å². The third-order valence-corrected chi connectivity index (χ3v) is 9.39. The number of pyridine rings is 2. The average molecular weight is 601 g/mol. The summed E-state index contributed by atoms with van der Waals surface area (Å²) in [4.78, 5) is 14.6. The minimum absolute atomic E-state index is 0.469. The molecular formula is C39H41ClN4. The molecule has 0 radical (unpaired) electrons. The molecule has 1 saturated heterocycles. The highest BCUT2D eigenvalue weighted by atomic mass is 35.5. The second-order valence-corrected chi connectivity index (χ2v) is 12.7. The summed E-state index contributed by atoms with van der Waals surface area (Å²) in [5.41, 5.74) is 13.5. The maximum Gasteiger partial charge on any atom is 0.0705 e. The molecule has 3 heterocycles. The second-order valence-electron chi connectivity index (χ2n) is 12.3. The number of likely N-dealkylation sites (tertiary alicyclic amines) is 1. The number of hydrogen-bond donors (Lipinski definition) is 0. The smallest absolute Gasteiger partial charge is 0.0705 e.